The first-order valence-corrected chi connectivity index (χ1v) is 6.12. The number of carbonyl (C=O) groups excluding carboxylic acids is 1. The van der Waals surface area contributed by atoms with E-state index in [1.165, 1.54) is 0 Å². The van der Waals surface area contributed by atoms with E-state index in [-0.39, 0.29) is 11.3 Å². The quantitative estimate of drug-likeness (QED) is 0.787. The Hall–Kier alpha value is -1.71. The zero-order valence-corrected chi connectivity index (χ0v) is 11.3. The number of carbonyl (C=O) groups is 1. The zero-order valence-electron chi connectivity index (χ0n) is 11.3. The van der Waals surface area contributed by atoms with E-state index in [1.54, 1.807) is 24.3 Å². The third-order valence-electron chi connectivity index (χ3n) is 2.29. The minimum absolute atomic E-state index is 0.0142. The van der Waals surface area contributed by atoms with Crippen molar-refractivity contribution in [2.45, 2.75) is 27.2 Å². The zero-order chi connectivity index (χ0) is 13.6. The highest BCUT2D eigenvalue weighted by Gasteiger charge is 2.11. The van der Waals surface area contributed by atoms with Gasteiger partial charge in [0.2, 0.25) is 5.91 Å². The lowest BCUT2D eigenvalue weighted by molar-refractivity contribution is -0.121. The fourth-order valence-corrected chi connectivity index (χ4v) is 1.28. The van der Waals surface area contributed by atoms with Gasteiger partial charge in [0, 0.05) is 12.2 Å². The molecule has 0 aliphatic carbocycles. The molecule has 18 heavy (non-hydrogen) atoms. The van der Waals surface area contributed by atoms with Crippen LogP contribution in [0.5, 0.6) is 5.75 Å². The Morgan fingerprint density at radius 1 is 1.28 bits per heavy atom. The minimum atomic E-state index is 0.0142. The number of nitrogen functional groups attached to an aromatic ring is 1. The lowest BCUT2D eigenvalue weighted by atomic mass is 9.97. The van der Waals surface area contributed by atoms with Crippen LogP contribution in [-0.4, -0.2) is 19.1 Å². The Morgan fingerprint density at radius 2 is 1.89 bits per heavy atom. The van der Waals surface area contributed by atoms with Gasteiger partial charge in [-0.1, -0.05) is 20.8 Å². The molecule has 4 heteroatoms. The van der Waals surface area contributed by atoms with Crippen molar-refractivity contribution in [3.63, 3.8) is 0 Å². The number of nitrogens with two attached hydrogens (primary N) is 1. The summed E-state index contributed by atoms with van der Waals surface area (Å²) in [6, 6.07) is 7.13. The first-order valence-electron chi connectivity index (χ1n) is 6.12. The molecule has 0 aromatic heterocycles. The summed E-state index contributed by atoms with van der Waals surface area (Å²) >= 11 is 0. The molecule has 1 amide bonds. The molecule has 0 saturated carbocycles. The van der Waals surface area contributed by atoms with Crippen molar-refractivity contribution in [2.24, 2.45) is 5.41 Å². The molecule has 0 spiro atoms. The van der Waals surface area contributed by atoms with Crippen LogP contribution < -0.4 is 15.8 Å². The van der Waals surface area contributed by atoms with Crippen LogP contribution in [-0.2, 0) is 4.79 Å². The van der Waals surface area contributed by atoms with Gasteiger partial charge in [0.1, 0.15) is 5.75 Å². The molecule has 1 aromatic rings. The average Bonchev–Trinajstić information content (AvgIpc) is 2.28. The molecule has 0 saturated heterocycles. The number of benzene rings is 1. The molecule has 1 aromatic carbocycles. The summed E-state index contributed by atoms with van der Waals surface area (Å²) in [6.45, 7) is 7.29. The molecule has 0 bridgehead atoms. The van der Waals surface area contributed by atoms with Gasteiger partial charge in [0.25, 0.3) is 0 Å². The van der Waals surface area contributed by atoms with Crippen molar-refractivity contribution in [1.29, 1.82) is 0 Å². The monoisotopic (exact) mass is 250 g/mol. The van der Waals surface area contributed by atoms with Gasteiger partial charge < -0.3 is 15.8 Å². The normalized spacial score (nSPS) is 11.1. The summed E-state index contributed by atoms with van der Waals surface area (Å²) in [4.78, 5) is 11.5. The first kappa shape index (κ1) is 14.4. The van der Waals surface area contributed by atoms with Crippen molar-refractivity contribution in [2.75, 3.05) is 18.9 Å². The third kappa shape index (κ3) is 6.13. The number of hydrogen-bond acceptors (Lipinski definition) is 3. The van der Waals surface area contributed by atoms with Crippen LogP contribution in [0.15, 0.2) is 24.3 Å². The van der Waals surface area contributed by atoms with Gasteiger partial charge in [-0.15, -0.1) is 0 Å². The first-order chi connectivity index (χ1) is 8.37. The second kappa shape index (κ2) is 6.28. The molecule has 0 fully saturated rings. The van der Waals surface area contributed by atoms with Crippen molar-refractivity contribution >= 4 is 11.6 Å². The Bertz CT molecular complexity index is 380. The highest BCUT2D eigenvalue weighted by atomic mass is 16.5. The maximum Gasteiger partial charge on any atom is 0.223 e. The van der Waals surface area contributed by atoms with Crippen LogP contribution in [0, 0.1) is 5.41 Å². The van der Waals surface area contributed by atoms with E-state index >= 15 is 0 Å². The lowest BCUT2D eigenvalue weighted by Gasteiger charge is -2.18. The highest BCUT2D eigenvalue weighted by molar-refractivity contribution is 5.76. The second-order valence-corrected chi connectivity index (χ2v) is 5.50. The van der Waals surface area contributed by atoms with Gasteiger partial charge in [-0.2, -0.15) is 0 Å². The Balaban J connectivity index is 2.21. The molecule has 100 valence electrons. The molecule has 0 heterocycles. The highest BCUT2D eigenvalue weighted by Crippen LogP contribution is 2.13. The number of amides is 1. The molecular weight excluding hydrogens is 228 g/mol. The fraction of sp³-hybridized carbons (Fsp3) is 0.500. The third-order valence-corrected chi connectivity index (χ3v) is 2.29. The SMILES string of the molecule is CC(C)(C)CNC(=O)CCOc1ccc(N)cc1. The second-order valence-electron chi connectivity index (χ2n) is 5.50. The van der Waals surface area contributed by atoms with E-state index in [0.717, 1.165) is 5.75 Å². The van der Waals surface area contributed by atoms with Crippen molar-refractivity contribution < 1.29 is 9.53 Å². The summed E-state index contributed by atoms with van der Waals surface area (Å²) in [5.74, 6) is 0.744. The number of hydrogen-bond donors (Lipinski definition) is 2. The predicted octanol–water partition coefficient (Wildman–Crippen LogP) is 2.20. The number of ether oxygens (including phenoxy) is 1. The summed E-state index contributed by atoms with van der Waals surface area (Å²) in [5.41, 5.74) is 6.37. The fourth-order valence-electron chi connectivity index (χ4n) is 1.28. The van der Waals surface area contributed by atoms with E-state index in [9.17, 15) is 4.79 Å². The molecule has 1 rings (SSSR count). The van der Waals surface area contributed by atoms with E-state index < -0.39 is 0 Å². The topological polar surface area (TPSA) is 64.3 Å². The number of nitrogens with one attached hydrogen (secondary N) is 1. The minimum Gasteiger partial charge on any atom is -0.493 e. The van der Waals surface area contributed by atoms with Gasteiger partial charge >= 0.3 is 0 Å². The maximum atomic E-state index is 11.5. The molecule has 0 aliphatic rings. The van der Waals surface area contributed by atoms with Crippen LogP contribution >= 0.6 is 0 Å². The van der Waals surface area contributed by atoms with Crippen LogP contribution in [0.3, 0.4) is 0 Å². The van der Waals surface area contributed by atoms with E-state index in [1.807, 2.05) is 0 Å². The van der Waals surface area contributed by atoms with E-state index in [2.05, 4.69) is 26.1 Å². The van der Waals surface area contributed by atoms with E-state index in [4.69, 9.17) is 10.5 Å². The smallest absolute Gasteiger partial charge is 0.223 e. The van der Waals surface area contributed by atoms with Gasteiger partial charge in [-0.3, -0.25) is 4.79 Å². The number of rotatable bonds is 5. The van der Waals surface area contributed by atoms with Gasteiger partial charge in [-0.05, 0) is 29.7 Å². The lowest BCUT2D eigenvalue weighted by Crippen LogP contribution is -2.32. The van der Waals surface area contributed by atoms with E-state index in [0.29, 0.717) is 25.3 Å². The van der Waals surface area contributed by atoms with Gasteiger partial charge in [-0.25, -0.2) is 0 Å². The van der Waals surface area contributed by atoms with Crippen molar-refractivity contribution in [3.05, 3.63) is 24.3 Å². The van der Waals surface area contributed by atoms with Crippen LogP contribution in [0.1, 0.15) is 27.2 Å². The van der Waals surface area contributed by atoms with Crippen molar-refractivity contribution in [3.8, 4) is 5.75 Å². The number of anilines is 1. The van der Waals surface area contributed by atoms with Gasteiger partial charge in [0.05, 0.1) is 13.0 Å². The van der Waals surface area contributed by atoms with Crippen LogP contribution in [0.4, 0.5) is 5.69 Å². The molecule has 0 unspecified atom stereocenters. The predicted molar refractivity (Wildman–Crippen MR) is 73.4 cm³/mol. The summed E-state index contributed by atoms with van der Waals surface area (Å²) in [6.07, 6.45) is 0.362. The Morgan fingerprint density at radius 3 is 2.44 bits per heavy atom. The molecule has 0 atom stereocenters. The van der Waals surface area contributed by atoms with Crippen LogP contribution in [0.2, 0.25) is 0 Å². The Kier molecular flexibility index (Phi) is 5.01. The largest absolute Gasteiger partial charge is 0.493 e. The molecule has 3 N–H and O–H groups in total. The van der Waals surface area contributed by atoms with Crippen LogP contribution in [0.25, 0.3) is 0 Å². The standard InChI is InChI=1S/C14H22N2O2/c1-14(2,3)10-16-13(17)8-9-18-12-6-4-11(15)5-7-12/h4-7H,8-10,15H2,1-3H3,(H,16,17). The van der Waals surface area contributed by atoms with Crippen molar-refractivity contribution in [1.82, 2.24) is 5.32 Å². The summed E-state index contributed by atoms with van der Waals surface area (Å²) in [7, 11) is 0. The molecule has 0 radical (unpaired) electrons. The van der Waals surface area contributed by atoms with Gasteiger partial charge in [0.15, 0.2) is 0 Å². The maximum absolute atomic E-state index is 11.5. The molecule has 4 nitrogen and oxygen atoms in total. The molecule has 0 aliphatic heterocycles. The average molecular weight is 250 g/mol. The summed E-state index contributed by atoms with van der Waals surface area (Å²) in [5, 5.41) is 2.88. The molecular formula is C14H22N2O2. The summed E-state index contributed by atoms with van der Waals surface area (Å²) < 4.78 is 5.45. The Labute approximate surface area is 109 Å².